The summed E-state index contributed by atoms with van der Waals surface area (Å²) in [5.41, 5.74) is 1.09. The molecule has 1 N–H and O–H groups in total. The lowest BCUT2D eigenvalue weighted by molar-refractivity contribution is -0.0391. The van der Waals surface area contributed by atoms with Crippen molar-refractivity contribution in [3.63, 3.8) is 0 Å². The molecule has 1 spiro atoms. The SMILES string of the molecule is CC1CC(C)(C)CC12CC(O)c1ccccc1O2. The molecule has 1 saturated carbocycles. The van der Waals surface area contributed by atoms with Gasteiger partial charge in [0, 0.05) is 12.0 Å². The third-order valence-corrected chi connectivity index (χ3v) is 4.66. The van der Waals surface area contributed by atoms with Crippen molar-refractivity contribution in [2.75, 3.05) is 0 Å². The predicted octanol–water partition coefficient (Wildman–Crippen LogP) is 3.70. The fraction of sp³-hybridized carbons (Fsp3) is 0.625. The van der Waals surface area contributed by atoms with E-state index in [0.717, 1.165) is 24.2 Å². The maximum absolute atomic E-state index is 10.4. The van der Waals surface area contributed by atoms with Gasteiger partial charge in [0.15, 0.2) is 0 Å². The lowest BCUT2D eigenvalue weighted by Gasteiger charge is -2.41. The van der Waals surface area contributed by atoms with Gasteiger partial charge in [0.1, 0.15) is 11.4 Å². The molecule has 1 fully saturated rings. The standard InChI is InChI=1S/C16H22O2/c1-11-8-15(2,3)10-16(11)9-13(17)12-6-4-5-7-14(12)18-16/h4-7,11,13,17H,8-10H2,1-3H3. The van der Waals surface area contributed by atoms with E-state index in [0.29, 0.717) is 11.3 Å². The van der Waals surface area contributed by atoms with Crippen molar-refractivity contribution in [2.45, 2.75) is 51.7 Å². The fourth-order valence-corrected chi connectivity index (χ4v) is 4.03. The smallest absolute Gasteiger partial charge is 0.125 e. The maximum atomic E-state index is 10.4. The third kappa shape index (κ3) is 1.74. The highest BCUT2D eigenvalue weighted by atomic mass is 16.5. The lowest BCUT2D eigenvalue weighted by Crippen LogP contribution is -2.43. The number of aliphatic hydroxyl groups is 1. The molecule has 1 heterocycles. The number of hydrogen-bond acceptors (Lipinski definition) is 2. The Morgan fingerprint density at radius 2 is 1.94 bits per heavy atom. The molecule has 2 heteroatoms. The minimum Gasteiger partial charge on any atom is -0.486 e. The lowest BCUT2D eigenvalue weighted by atomic mass is 9.81. The van der Waals surface area contributed by atoms with Crippen molar-refractivity contribution in [3.05, 3.63) is 29.8 Å². The molecule has 0 bridgehead atoms. The van der Waals surface area contributed by atoms with Crippen molar-refractivity contribution in [3.8, 4) is 5.75 Å². The molecular weight excluding hydrogens is 224 g/mol. The average Bonchev–Trinajstić information content (AvgIpc) is 2.48. The van der Waals surface area contributed by atoms with Crippen LogP contribution in [0.25, 0.3) is 0 Å². The van der Waals surface area contributed by atoms with Gasteiger partial charge in [-0.3, -0.25) is 0 Å². The molecule has 0 saturated heterocycles. The number of benzene rings is 1. The second kappa shape index (κ2) is 3.74. The molecular formula is C16H22O2. The van der Waals surface area contributed by atoms with Crippen LogP contribution in [0.4, 0.5) is 0 Å². The van der Waals surface area contributed by atoms with E-state index in [1.165, 1.54) is 6.42 Å². The van der Waals surface area contributed by atoms with E-state index in [1.54, 1.807) is 0 Å². The summed E-state index contributed by atoms with van der Waals surface area (Å²) in [5, 5.41) is 10.4. The van der Waals surface area contributed by atoms with Crippen LogP contribution >= 0.6 is 0 Å². The first-order valence-corrected chi connectivity index (χ1v) is 6.88. The molecule has 2 nitrogen and oxygen atoms in total. The molecule has 18 heavy (non-hydrogen) atoms. The normalized spacial score (nSPS) is 37.3. The van der Waals surface area contributed by atoms with Crippen molar-refractivity contribution in [1.82, 2.24) is 0 Å². The molecule has 3 unspecified atom stereocenters. The van der Waals surface area contributed by atoms with Crippen molar-refractivity contribution >= 4 is 0 Å². The van der Waals surface area contributed by atoms with Gasteiger partial charge in [-0.1, -0.05) is 39.0 Å². The quantitative estimate of drug-likeness (QED) is 0.756. The number of para-hydroxylation sites is 1. The second-order valence-corrected chi connectivity index (χ2v) is 6.87. The number of hydrogen-bond donors (Lipinski definition) is 1. The van der Waals surface area contributed by atoms with Crippen molar-refractivity contribution in [1.29, 1.82) is 0 Å². The second-order valence-electron chi connectivity index (χ2n) is 6.87. The highest BCUT2D eigenvalue weighted by Crippen LogP contribution is 2.55. The number of ether oxygens (including phenoxy) is 1. The van der Waals surface area contributed by atoms with E-state index in [2.05, 4.69) is 20.8 Å². The summed E-state index contributed by atoms with van der Waals surface area (Å²) >= 11 is 0. The summed E-state index contributed by atoms with van der Waals surface area (Å²) < 4.78 is 6.34. The van der Waals surface area contributed by atoms with Gasteiger partial charge in [0.2, 0.25) is 0 Å². The van der Waals surface area contributed by atoms with Crippen molar-refractivity contribution < 1.29 is 9.84 Å². The Morgan fingerprint density at radius 1 is 1.22 bits per heavy atom. The van der Waals surface area contributed by atoms with Crippen molar-refractivity contribution in [2.24, 2.45) is 11.3 Å². The maximum Gasteiger partial charge on any atom is 0.125 e. The van der Waals surface area contributed by atoms with Crippen LogP contribution in [-0.4, -0.2) is 10.7 Å². The zero-order chi connectivity index (χ0) is 13.0. The predicted molar refractivity (Wildman–Crippen MR) is 71.6 cm³/mol. The number of fused-ring (bicyclic) bond motifs is 1. The highest BCUT2D eigenvalue weighted by Gasteiger charge is 2.53. The topological polar surface area (TPSA) is 29.5 Å². The van der Waals surface area contributed by atoms with Crippen LogP contribution in [-0.2, 0) is 0 Å². The molecule has 0 radical (unpaired) electrons. The van der Waals surface area contributed by atoms with Crippen LogP contribution in [0.3, 0.4) is 0 Å². The molecule has 0 amide bonds. The monoisotopic (exact) mass is 246 g/mol. The summed E-state index contributed by atoms with van der Waals surface area (Å²) in [4.78, 5) is 0. The molecule has 98 valence electrons. The van der Waals surface area contributed by atoms with Gasteiger partial charge in [-0.25, -0.2) is 0 Å². The largest absolute Gasteiger partial charge is 0.486 e. The summed E-state index contributed by atoms with van der Waals surface area (Å²) in [5.74, 6) is 1.37. The molecule has 1 aromatic rings. The summed E-state index contributed by atoms with van der Waals surface area (Å²) in [6.45, 7) is 6.86. The molecule has 3 rings (SSSR count). The van der Waals surface area contributed by atoms with Crippen LogP contribution in [0.5, 0.6) is 5.75 Å². The average molecular weight is 246 g/mol. The zero-order valence-electron chi connectivity index (χ0n) is 11.4. The van der Waals surface area contributed by atoms with Gasteiger partial charge in [-0.15, -0.1) is 0 Å². The first kappa shape index (κ1) is 12.0. The third-order valence-electron chi connectivity index (χ3n) is 4.66. The van der Waals surface area contributed by atoms with E-state index in [4.69, 9.17) is 4.74 Å². The van der Waals surface area contributed by atoms with Crippen LogP contribution in [0.15, 0.2) is 24.3 Å². The number of aliphatic hydroxyl groups excluding tert-OH is 1. The molecule has 1 aliphatic carbocycles. The van der Waals surface area contributed by atoms with Gasteiger partial charge in [-0.05, 0) is 30.2 Å². The van der Waals surface area contributed by atoms with Gasteiger partial charge in [0.05, 0.1) is 6.10 Å². The Morgan fingerprint density at radius 3 is 2.61 bits per heavy atom. The van der Waals surface area contributed by atoms with E-state index in [-0.39, 0.29) is 11.7 Å². The highest BCUT2D eigenvalue weighted by molar-refractivity contribution is 5.38. The summed E-state index contributed by atoms with van der Waals surface area (Å²) in [7, 11) is 0. The molecule has 2 aliphatic rings. The Kier molecular flexibility index (Phi) is 2.50. The van der Waals surface area contributed by atoms with E-state index in [9.17, 15) is 5.11 Å². The summed E-state index contributed by atoms with van der Waals surface area (Å²) in [6, 6.07) is 7.90. The first-order chi connectivity index (χ1) is 8.42. The molecule has 1 aromatic carbocycles. The van der Waals surface area contributed by atoms with Gasteiger partial charge >= 0.3 is 0 Å². The fourth-order valence-electron chi connectivity index (χ4n) is 4.03. The van der Waals surface area contributed by atoms with E-state index >= 15 is 0 Å². The van der Waals surface area contributed by atoms with Gasteiger partial charge in [-0.2, -0.15) is 0 Å². The van der Waals surface area contributed by atoms with Crippen LogP contribution < -0.4 is 4.74 Å². The minimum absolute atomic E-state index is 0.169. The van der Waals surface area contributed by atoms with E-state index in [1.807, 2.05) is 24.3 Å². The zero-order valence-corrected chi connectivity index (χ0v) is 11.4. The Bertz CT molecular complexity index is 466. The Hall–Kier alpha value is -1.02. The Balaban J connectivity index is 1.99. The van der Waals surface area contributed by atoms with Crippen LogP contribution in [0, 0.1) is 11.3 Å². The molecule has 1 aliphatic heterocycles. The van der Waals surface area contributed by atoms with Gasteiger partial charge < -0.3 is 9.84 Å². The summed E-state index contributed by atoms with van der Waals surface area (Å²) in [6.07, 6.45) is 2.55. The van der Waals surface area contributed by atoms with Crippen LogP contribution in [0.1, 0.15) is 51.7 Å². The van der Waals surface area contributed by atoms with Crippen LogP contribution in [0.2, 0.25) is 0 Å². The Labute approximate surface area is 109 Å². The number of rotatable bonds is 0. The molecule has 3 atom stereocenters. The van der Waals surface area contributed by atoms with Gasteiger partial charge in [0.25, 0.3) is 0 Å². The first-order valence-electron chi connectivity index (χ1n) is 6.88. The minimum atomic E-state index is -0.383. The molecule has 0 aromatic heterocycles. The van der Waals surface area contributed by atoms with E-state index < -0.39 is 0 Å².